The van der Waals surface area contributed by atoms with Gasteiger partial charge in [-0.3, -0.25) is 9.59 Å². The van der Waals surface area contributed by atoms with E-state index in [0.29, 0.717) is 5.75 Å². The van der Waals surface area contributed by atoms with Gasteiger partial charge in [-0.1, -0.05) is 25.1 Å². The number of aromatic nitrogens is 1. The van der Waals surface area contributed by atoms with Crippen LogP contribution >= 0.6 is 11.3 Å². The summed E-state index contributed by atoms with van der Waals surface area (Å²) in [5.74, 6) is -1.25. The van der Waals surface area contributed by atoms with Crippen LogP contribution in [0.15, 0.2) is 29.6 Å². The molecule has 0 spiro atoms. The number of carbonyl (C=O) groups excluding carboxylic acids is 1. The average molecular weight is 362 g/mol. The summed E-state index contributed by atoms with van der Waals surface area (Å²) < 4.78 is 5.26. The lowest BCUT2D eigenvalue weighted by molar-refractivity contribution is -0.141. The van der Waals surface area contributed by atoms with Crippen molar-refractivity contribution >= 4 is 23.2 Å². The number of hydrogen-bond donors (Lipinski definition) is 2. The summed E-state index contributed by atoms with van der Waals surface area (Å²) in [5.41, 5.74) is 1.52. The van der Waals surface area contributed by atoms with Crippen LogP contribution in [0.25, 0.3) is 0 Å². The summed E-state index contributed by atoms with van der Waals surface area (Å²) in [5, 5.41) is 15.0. The van der Waals surface area contributed by atoms with Crippen LogP contribution in [0.2, 0.25) is 0 Å². The Kier molecular flexibility index (Phi) is 6.94. The minimum atomic E-state index is -0.951. The van der Waals surface area contributed by atoms with E-state index < -0.39 is 11.9 Å². The Morgan fingerprint density at radius 1 is 1.36 bits per heavy atom. The zero-order valence-electron chi connectivity index (χ0n) is 14.3. The Bertz CT molecular complexity index is 729. The van der Waals surface area contributed by atoms with Gasteiger partial charge < -0.3 is 15.2 Å². The Hall–Kier alpha value is -2.41. The molecule has 1 aromatic heterocycles. The number of amides is 1. The average Bonchev–Trinajstić information content (AvgIpc) is 3.06. The molecule has 0 bridgehead atoms. The van der Waals surface area contributed by atoms with E-state index in [1.165, 1.54) is 11.3 Å². The number of ether oxygens (including phenoxy) is 1. The van der Waals surface area contributed by atoms with Gasteiger partial charge in [0.25, 0.3) is 0 Å². The van der Waals surface area contributed by atoms with Crippen molar-refractivity contribution in [1.82, 2.24) is 10.3 Å². The van der Waals surface area contributed by atoms with Gasteiger partial charge in [0, 0.05) is 11.9 Å². The predicted molar refractivity (Wildman–Crippen MR) is 96.0 cm³/mol. The normalized spacial score (nSPS) is 11.8. The number of para-hydroxylation sites is 1. The molecule has 1 unspecified atom stereocenters. The summed E-state index contributed by atoms with van der Waals surface area (Å²) in [6.07, 6.45) is 1.29. The topological polar surface area (TPSA) is 88.5 Å². The van der Waals surface area contributed by atoms with Gasteiger partial charge >= 0.3 is 5.97 Å². The first kappa shape index (κ1) is 18.9. The predicted octanol–water partition coefficient (Wildman–Crippen LogP) is 2.32. The summed E-state index contributed by atoms with van der Waals surface area (Å²) in [6.45, 7) is 2.08. The Labute approximate surface area is 150 Å². The highest BCUT2D eigenvalue weighted by Gasteiger charge is 2.21. The fourth-order valence-electron chi connectivity index (χ4n) is 2.44. The van der Waals surface area contributed by atoms with Gasteiger partial charge in [-0.15, -0.1) is 11.3 Å². The Balaban J connectivity index is 1.92. The van der Waals surface area contributed by atoms with Gasteiger partial charge in [0.1, 0.15) is 5.75 Å². The molecule has 7 heteroatoms. The second-order valence-corrected chi connectivity index (χ2v) is 6.56. The zero-order valence-corrected chi connectivity index (χ0v) is 15.1. The highest BCUT2D eigenvalue weighted by Crippen LogP contribution is 2.21. The van der Waals surface area contributed by atoms with Crippen LogP contribution in [0.1, 0.15) is 23.2 Å². The summed E-state index contributed by atoms with van der Waals surface area (Å²) >= 11 is 1.53. The number of aliphatic carboxylic acids is 1. The Morgan fingerprint density at radius 2 is 2.12 bits per heavy atom. The maximum absolute atomic E-state index is 12.0. The van der Waals surface area contributed by atoms with Crippen LogP contribution in [0.3, 0.4) is 0 Å². The van der Waals surface area contributed by atoms with Crippen molar-refractivity contribution in [1.29, 1.82) is 0 Å². The van der Waals surface area contributed by atoms with Crippen LogP contribution in [-0.2, 0) is 28.9 Å². The lowest BCUT2D eigenvalue weighted by atomic mass is 9.98. The van der Waals surface area contributed by atoms with Gasteiger partial charge in [0.2, 0.25) is 5.91 Å². The third-order valence-corrected chi connectivity index (χ3v) is 4.84. The lowest BCUT2D eigenvalue weighted by Gasteiger charge is -2.15. The van der Waals surface area contributed by atoms with E-state index in [9.17, 15) is 14.7 Å². The molecule has 2 rings (SSSR count). The molecule has 1 atom stereocenters. The van der Waals surface area contributed by atoms with Crippen molar-refractivity contribution in [2.75, 3.05) is 13.7 Å². The number of carboxylic acids is 1. The van der Waals surface area contributed by atoms with E-state index in [4.69, 9.17) is 4.74 Å². The first-order valence-electron chi connectivity index (χ1n) is 8.08. The number of benzene rings is 1. The monoisotopic (exact) mass is 362 g/mol. The molecule has 1 heterocycles. The molecule has 1 amide bonds. The molecule has 25 heavy (non-hydrogen) atoms. The van der Waals surface area contributed by atoms with Gasteiger partial charge in [-0.2, -0.15) is 0 Å². The SMILES string of the molecule is CCc1nc(CC(=O)NCC(Cc2ccccc2OC)C(=O)O)cs1. The molecule has 0 fully saturated rings. The second-order valence-electron chi connectivity index (χ2n) is 5.62. The molecule has 0 aliphatic heterocycles. The number of aryl methyl sites for hydroxylation is 1. The highest BCUT2D eigenvalue weighted by atomic mass is 32.1. The van der Waals surface area contributed by atoms with Crippen LogP contribution < -0.4 is 10.1 Å². The molecule has 0 saturated carbocycles. The van der Waals surface area contributed by atoms with E-state index in [1.54, 1.807) is 13.2 Å². The van der Waals surface area contributed by atoms with Crippen LogP contribution in [0, 0.1) is 5.92 Å². The van der Waals surface area contributed by atoms with Crippen molar-refractivity contribution in [2.24, 2.45) is 5.92 Å². The molecule has 2 aromatic rings. The zero-order chi connectivity index (χ0) is 18.2. The molecule has 2 N–H and O–H groups in total. The van der Waals surface area contributed by atoms with Crippen molar-refractivity contribution < 1.29 is 19.4 Å². The third kappa shape index (κ3) is 5.56. The van der Waals surface area contributed by atoms with Crippen LogP contribution in [0.5, 0.6) is 5.75 Å². The smallest absolute Gasteiger partial charge is 0.308 e. The summed E-state index contributed by atoms with van der Waals surface area (Å²) in [6, 6.07) is 7.29. The molecular weight excluding hydrogens is 340 g/mol. The lowest BCUT2D eigenvalue weighted by Crippen LogP contribution is -2.35. The van der Waals surface area contributed by atoms with Crippen LogP contribution in [0.4, 0.5) is 0 Å². The minimum Gasteiger partial charge on any atom is -0.496 e. The maximum Gasteiger partial charge on any atom is 0.308 e. The number of carboxylic acid groups (broad SMARTS) is 1. The second kappa shape index (κ2) is 9.17. The Morgan fingerprint density at radius 3 is 2.76 bits per heavy atom. The number of carbonyl (C=O) groups is 2. The molecule has 6 nitrogen and oxygen atoms in total. The number of nitrogens with one attached hydrogen (secondary N) is 1. The number of thiazole rings is 1. The first-order chi connectivity index (χ1) is 12.0. The molecular formula is C18H22N2O4S. The molecule has 0 radical (unpaired) electrons. The summed E-state index contributed by atoms with van der Waals surface area (Å²) in [7, 11) is 1.55. The van der Waals surface area contributed by atoms with Crippen molar-refractivity contribution in [3.8, 4) is 5.75 Å². The van der Waals surface area contributed by atoms with Gasteiger partial charge in [0.05, 0.1) is 30.2 Å². The number of rotatable bonds is 9. The van der Waals surface area contributed by atoms with Crippen molar-refractivity contribution in [2.45, 2.75) is 26.2 Å². The number of hydrogen-bond acceptors (Lipinski definition) is 5. The molecule has 0 aliphatic carbocycles. The molecule has 0 aliphatic rings. The number of methoxy groups -OCH3 is 1. The fraction of sp³-hybridized carbons (Fsp3) is 0.389. The summed E-state index contributed by atoms with van der Waals surface area (Å²) in [4.78, 5) is 27.9. The van der Waals surface area contributed by atoms with Crippen LogP contribution in [-0.4, -0.2) is 35.6 Å². The van der Waals surface area contributed by atoms with Gasteiger partial charge in [0.15, 0.2) is 0 Å². The van der Waals surface area contributed by atoms with E-state index in [0.717, 1.165) is 22.7 Å². The van der Waals surface area contributed by atoms with E-state index >= 15 is 0 Å². The highest BCUT2D eigenvalue weighted by molar-refractivity contribution is 7.09. The standard InChI is InChI=1S/C18H22N2O4S/c1-3-17-20-14(11-25-17)9-16(21)19-10-13(18(22)23)8-12-6-4-5-7-15(12)24-2/h4-7,11,13H,3,8-10H2,1-2H3,(H,19,21)(H,22,23). The minimum absolute atomic E-state index is 0.0665. The van der Waals surface area contributed by atoms with Crippen molar-refractivity contribution in [3.05, 3.63) is 45.9 Å². The quantitative estimate of drug-likeness (QED) is 0.715. The molecule has 134 valence electrons. The fourth-order valence-corrected chi connectivity index (χ4v) is 3.19. The first-order valence-corrected chi connectivity index (χ1v) is 8.96. The molecule has 1 aromatic carbocycles. The molecule has 0 saturated heterocycles. The number of nitrogens with zero attached hydrogens (tertiary/aromatic N) is 1. The van der Waals surface area contributed by atoms with E-state index in [2.05, 4.69) is 10.3 Å². The maximum atomic E-state index is 12.0. The van der Waals surface area contributed by atoms with E-state index in [-0.39, 0.29) is 25.3 Å². The third-order valence-electron chi connectivity index (χ3n) is 3.80. The van der Waals surface area contributed by atoms with Gasteiger partial charge in [-0.05, 0) is 24.5 Å². The van der Waals surface area contributed by atoms with E-state index in [1.807, 2.05) is 30.5 Å². The van der Waals surface area contributed by atoms with Crippen molar-refractivity contribution in [3.63, 3.8) is 0 Å². The van der Waals surface area contributed by atoms with Gasteiger partial charge in [-0.25, -0.2) is 4.98 Å². The largest absolute Gasteiger partial charge is 0.496 e.